The van der Waals surface area contributed by atoms with Gasteiger partial charge in [-0.3, -0.25) is 14.5 Å². The van der Waals surface area contributed by atoms with Crippen LogP contribution in [0.15, 0.2) is 72.8 Å². The van der Waals surface area contributed by atoms with Gasteiger partial charge in [0.05, 0.1) is 25.1 Å². The molecule has 0 radical (unpaired) electrons. The Kier molecular flexibility index (Phi) is 4.70. The molecule has 7 heteroatoms. The highest BCUT2D eigenvalue weighted by Gasteiger charge is 2.60. The van der Waals surface area contributed by atoms with Gasteiger partial charge in [0.2, 0.25) is 10.8 Å². The Morgan fingerprint density at radius 1 is 1.00 bits per heavy atom. The molecule has 0 N–H and O–H groups in total. The fraction of sp³-hybridized carbons (Fsp3) is 0.167. The van der Waals surface area contributed by atoms with E-state index in [2.05, 4.69) is 0 Å². The lowest BCUT2D eigenvalue weighted by atomic mass is 10.0. The first-order chi connectivity index (χ1) is 15.0. The largest absolute Gasteiger partial charge is 0.497 e. The lowest BCUT2D eigenvalue weighted by molar-refractivity contribution is -0.123. The van der Waals surface area contributed by atoms with Gasteiger partial charge in [-0.15, -0.1) is 11.8 Å². The van der Waals surface area contributed by atoms with E-state index in [-0.39, 0.29) is 23.4 Å². The molecule has 1 unspecified atom stereocenters. The van der Waals surface area contributed by atoms with E-state index in [0.29, 0.717) is 18.0 Å². The Labute approximate surface area is 183 Å². The molecule has 3 aromatic carbocycles. The van der Waals surface area contributed by atoms with Crippen molar-refractivity contribution in [1.82, 2.24) is 0 Å². The first-order valence-electron chi connectivity index (χ1n) is 9.81. The maximum absolute atomic E-state index is 13.9. The summed E-state index contributed by atoms with van der Waals surface area (Å²) in [5, 5.41) is 0. The average Bonchev–Trinajstić information content (AvgIpc) is 3.26. The third kappa shape index (κ3) is 2.99. The van der Waals surface area contributed by atoms with E-state index < -0.39 is 4.87 Å². The maximum Gasteiger partial charge on any atom is 0.269 e. The first-order valence-corrected chi connectivity index (χ1v) is 10.8. The van der Waals surface area contributed by atoms with Crippen LogP contribution < -0.4 is 14.5 Å². The molecular formula is C24H19FN2O3S. The number of amides is 2. The van der Waals surface area contributed by atoms with Crippen molar-refractivity contribution in [3.63, 3.8) is 0 Å². The van der Waals surface area contributed by atoms with Crippen molar-refractivity contribution in [1.29, 1.82) is 0 Å². The van der Waals surface area contributed by atoms with Gasteiger partial charge < -0.3 is 9.64 Å². The molecule has 3 aromatic rings. The highest BCUT2D eigenvalue weighted by atomic mass is 32.2. The van der Waals surface area contributed by atoms with E-state index in [4.69, 9.17) is 4.74 Å². The van der Waals surface area contributed by atoms with Gasteiger partial charge in [0.25, 0.3) is 5.91 Å². The highest BCUT2D eigenvalue weighted by molar-refractivity contribution is 8.02. The number of para-hydroxylation sites is 1. The van der Waals surface area contributed by atoms with Crippen LogP contribution in [0.4, 0.5) is 15.8 Å². The van der Waals surface area contributed by atoms with E-state index >= 15 is 0 Å². The molecule has 156 valence electrons. The maximum atomic E-state index is 13.9. The Bertz CT molecular complexity index is 1170. The van der Waals surface area contributed by atoms with Crippen molar-refractivity contribution in [3.8, 4) is 5.75 Å². The van der Waals surface area contributed by atoms with Crippen LogP contribution >= 0.6 is 11.8 Å². The third-order valence-electron chi connectivity index (χ3n) is 5.65. The van der Waals surface area contributed by atoms with Gasteiger partial charge in [-0.05, 0) is 48.0 Å². The summed E-state index contributed by atoms with van der Waals surface area (Å²) in [4.78, 5) is 29.1. The quantitative estimate of drug-likeness (QED) is 0.614. The number of carbonyl (C=O) groups is 2. The molecule has 2 amide bonds. The molecule has 2 heterocycles. The second-order valence-electron chi connectivity index (χ2n) is 7.39. The minimum Gasteiger partial charge on any atom is -0.497 e. The molecule has 1 saturated heterocycles. The molecule has 2 aliphatic heterocycles. The average molecular weight is 434 g/mol. The zero-order valence-electron chi connectivity index (χ0n) is 16.7. The number of hydrogen-bond acceptors (Lipinski definition) is 4. The zero-order valence-corrected chi connectivity index (χ0v) is 17.6. The van der Waals surface area contributed by atoms with Crippen molar-refractivity contribution < 1.29 is 18.7 Å². The molecule has 0 aliphatic carbocycles. The summed E-state index contributed by atoms with van der Waals surface area (Å²) in [5.74, 6) is 0.257. The summed E-state index contributed by atoms with van der Waals surface area (Å²) in [7, 11) is 1.58. The predicted octanol–water partition coefficient (Wildman–Crippen LogP) is 4.31. The van der Waals surface area contributed by atoms with Crippen LogP contribution in [-0.4, -0.2) is 24.7 Å². The molecule has 31 heavy (non-hydrogen) atoms. The summed E-state index contributed by atoms with van der Waals surface area (Å²) in [6.07, 6.45) is 0. The summed E-state index contributed by atoms with van der Waals surface area (Å²) >= 11 is 1.33. The number of rotatable bonds is 4. The van der Waals surface area contributed by atoms with E-state index in [0.717, 1.165) is 16.8 Å². The fourth-order valence-corrected chi connectivity index (χ4v) is 5.58. The van der Waals surface area contributed by atoms with E-state index in [1.807, 2.05) is 24.3 Å². The molecule has 1 fully saturated rings. The van der Waals surface area contributed by atoms with Gasteiger partial charge in [-0.1, -0.05) is 30.3 Å². The third-order valence-corrected chi connectivity index (χ3v) is 7.03. The monoisotopic (exact) mass is 434 g/mol. The molecular weight excluding hydrogens is 415 g/mol. The number of anilines is 2. The molecule has 5 rings (SSSR count). The Morgan fingerprint density at radius 3 is 2.42 bits per heavy atom. The predicted molar refractivity (Wildman–Crippen MR) is 119 cm³/mol. The lowest BCUT2D eigenvalue weighted by Gasteiger charge is -2.33. The smallest absolute Gasteiger partial charge is 0.269 e. The van der Waals surface area contributed by atoms with Gasteiger partial charge in [-0.2, -0.15) is 0 Å². The fourth-order valence-electron chi connectivity index (χ4n) is 4.22. The van der Waals surface area contributed by atoms with E-state index in [1.54, 1.807) is 53.3 Å². The number of fused-ring (bicyclic) bond motifs is 2. The molecule has 5 nitrogen and oxygen atoms in total. The van der Waals surface area contributed by atoms with Gasteiger partial charge in [-0.25, -0.2) is 4.39 Å². The lowest BCUT2D eigenvalue weighted by Crippen LogP contribution is -2.49. The molecule has 0 aromatic heterocycles. The zero-order chi connectivity index (χ0) is 21.6. The van der Waals surface area contributed by atoms with Crippen LogP contribution in [0.5, 0.6) is 5.75 Å². The van der Waals surface area contributed by atoms with Crippen molar-refractivity contribution in [2.24, 2.45) is 0 Å². The van der Waals surface area contributed by atoms with Crippen LogP contribution in [0.2, 0.25) is 0 Å². The number of thioether (sulfide) groups is 1. The highest BCUT2D eigenvalue weighted by Crippen LogP contribution is 2.56. The number of hydrogen-bond donors (Lipinski definition) is 0. The summed E-state index contributed by atoms with van der Waals surface area (Å²) in [6.45, 7) is 0.295. The number of halogens is 1. The Balaban J connectivity index is 1.61. The van der Waals surface area contributed by atoms with Gasteiger partial charge in [0, 0.05) is 11.3 Å². The number of carbonyl (C=O) groups excluding carboxylic acids is 2. The molecule has 1 atom stereocenters. The van der Waals surface area contributed by atoms with E-state index in [1.165, 1.54) is 23.9 Å². The summed E-state index contributed by atoms with van der Waals surface area (Å²) in [5.41, 5.74) is 3.00. The van der Waals surface area contributed by atoms with Crippen LogP contribution in [0, 0.1) is 5.82 Å². The van der Waals surface area contributed by atoms with Crippen molar-refractivity contribution >= 4 is 35.0 Å². The van der Waals surface area contributed by atoms with Crippen LogP contribution in [0.3, 0.4) is 0 Å². The number of ether oxygens (including phenoxy) is 1. The number of benzene rings is 3. The van der Waals surface area contributed by atoms with Crippen molar-refractivity contribution in [3.05, 3.63) is 89.7 Å². The minimum atomic E-state index is -1.16. The second kappa shape index (κ2) is 7.42. The SMILES string of the molecule is COc1ccc(N2C(=O)CSC23C(=O)N(Cc2ccc(F)cc2)c2ccccc23)cc1. The second-order valence-corrected chi connectivity index (χ2v) is 8.56. The van der Waals surface area contributed by atoms with Crippen LogP contribution in [0.1, 0.15) is 11.1 Å². The normalized spacial score (nSPS) is 19.9. The van der Waals surface area contributed by atoms with Gasteiger partial charge in [0.15, 0.2) is 0 Å². The van der Waals surface area contributed by atoms with Crippen LogP contribution in [0.25, 0.3) is 0 Å². The Hall–Kier alpha value is -3.32. The summed E-state index contributed by atoms with van der Waals surface area (Å²) < 4.78 is 18.6. The molecule has 0 bridgehead atoms. The number of methoxy groups -OCH3 is 1. The number of nitrogens with zero attached hydrogens (tertiary/aromatic N) is 2. The topological polar surface area (TPSA) is 49.9 Å². The standard InChI is InChI=1S/C24H19FN2O3S/c1-30-19-12-10-18(11-13-19)27-22(28)15-31-24(27)20-4-2-3-5-21(20)26(23(24)29)14-16-6-8-17(25)9-7-16/h2-13H,14-15H2,1H3. The van der Waals surface area contributed by atoms with E-state index in [9.17, 15) is 14.0 Å². The molecule has 1 spiro atoms. The van der Waals surface area contributed by atoms with Gasteiger partial charge in [0.1, 0.15) is 11.6 Å². The van der Waals surface area contributed by atoms with Gasteiger partial charge >= 0.3 is 0 Å². The summed E-state index contributed by atoms with van der Waals surface area (Å²) in [6, 6.07) is 20.8. The van der Waals surface area contributed by atoms with Crippen molar-refractivity contribution in [2.75, 3.05) is 22.7 Å². The molecule has 0 saturated carbocycles. The van der Waals surface area contributed by atoms with Crippen molar-refractivity contribution in [2.45, 2.75) is 11.4 Å². The molecule has 2 aliphatic rings. The minimum absolute atomic E-state index is 0.123. The first kappa shape index (κ1) is 19.6. The van der Waals surface area contributed by atoms with Crippen LogP contribution in [-0.2, 0) is 21.0 Å². The Morgan fingerprint density at radius 2 is 1.71 bits per heavy atom.